The molecule has 7 fully saturated rings. The van der Waals surface area contributed by atoms with Crippen molar-refractivity contribution in [2.24, 2.45) is 0 Å². The molecule has 7 aliphatic heterocycles. The topological polar surface area (TPSA) is 506 Å². The highest BCUT2D eigenvalue weighted by Crippen LogP contribution is 2.48. The van der Waals surface area contributed by atoms with Crippen LogP contribution in [-0.2, 0) is 92.0 Å². The van der Waals surface area contributed by atoms with E-state index in [1.807, 2.05) is 138 Å². The first-order chi connectivity index (χ1) is 66.9. The predicted octanol–water partition coefficient (Wildman–Crippen LogP) is 5.72. The van der Waals surface area contributed by atoms with Crippen LogP contribution in [0.4, 0.5) is 28.1 Å². The zero-order valence-corrected chi connectivity index (χ0v) is 84.2. The van der Waals surface area contributed by atoms with Crippen LogP contribution in [0.1, 0.15) is 136 Å². The Bertz CT molecular complexity index is 6060. The van der Waals surface area contributed by atoms with E-state index >= 15 is 0 Å². The van der Waals surface area contributed by atoms with Crippen molar-refractivity contribution in [3.63, 3.8) is 0 Å². The van der Waals surface area contributed by atoms with Crippen LogP contribution >= 0.6 is 0 Å². The molecule has 0 bridgehead atoms. The molecule has 0 saturated carbocycles. The van der Waals surface area contributed by atoms with Gasteiger partial charge in [0.05, 0.1) is 38.2 Å². The molecule has 0 radical (unpaired) electrons. The fourth-order valence-electron chi connectivity index (χ4n) is 18.3. The maximum Gasteiger partial charge on any atom is 0.409 e. The van der Waals surface area contributed by atoms with E-state index in [1.54, 1.807) is 52.3 Å². The van der Waals surface area contributed by atoms with Crippen LogP contribution in [0.25, 0.3) is 44.7 Å². The van der Waals surface area contributed by atoms with E-state index in [-0.39, 0.29) is 96.1 Å². The number of fused-ring (bicyclic) bond motifs is 7. The molecule has 44 heteroatoms. The lowest BCUT2D eigenvalue weighted by Gasteiger charge is -2.28. The standard InChI is InChI=1S/C29H41N7O4.C26H37N7O4.C25H33N7O5.C17H27N7O3/c1-28(2,3)19-10-8-18(9-11-19)14-21(37)35(7)13-12-34(6)15-20-23-24(40-29(4,5)39-23)27(38-20)36-17-33-22-25(30)31-16-32-26(22)36;1-26(2,3)17-8-6-16(7-9-17)12-19(34)32(5)11-10-31(4)13-18-21(35)22(36)25(37-18)33-15-30-20-23(27)28-14-29-24(20)33;1-25(2)36-19-17(12-30(3)10-11-31(4)24(33)34-13-16-8-6-5-7-9-16)35-23(20(19)37-25)32-15-29-18-21(26)27-14-28-22(18)32;1-17(2)26-12-10(7-23(4)6-5-19-3)25-16(13(12)27-17)24-9-22-11-14(18)20-8-21-15(11)24/h8-11,16-17,20,23-24,27H,12-15H2,1-7H3,(H2,30,31,32);6-9,14-15,18,21-22,25,35-36H,10-13H2,1-5H3,(H2,27,28,29);5-9,14-15,17,19-20,23H,10-13H2,1-4H3,(H2,26,27,28);8-10,12-13,16,19H,5-7H2,1-4H3,(H2,18,20,21)/t20-,23-,24-,27-;18-,21-,22-,25-;17-,19-,20-,23-;10-,12-,13-,16-/m1111/s1. The van der Waals surface area contributed by atoms with Crippen molar-refractivity contribution >= 4 is 85.8 Å². The third-order valence-corrected chi connectivity index (χ3v) is 26.2. The number of nitrogens with two attached hydrogens (primary N) is 4. The van der Waals surface area contributed by atoms with Crippen molar-refractivity contribution in [2.75, 3.05) is 158 Å². The smallest absolute Gasteiger partial charge is 0.409 e. The molecular formula is C97H138N28O16. The Balaban J connectivity index is 0.000000143. The molecule has 11 aromatic rings. The van der Waals surface area contributed by atoms with Crippen molar-refractivity contribution in [1.82, 2.24) is 118 Å². The van der Waals surface area contributed by atoms with Crippen LogP contribution in [-0.4, -0.2) is 366 Å². The molecule has 18 rings (SSSR count). The normalized spacial score (nSPS) is 24.8. The van der Waals surface area contributed by atoms with E-state index in [0.717, 1.165) is 36.3 Å². The molecule has 7 aliphatic rings. The molecule has 15 heterocycles. The second-order valence-electron chi connectivity index (χ2n) is 40.8. The molecule has 7 saturated heterocycles. The van der Waals surface area contributed by atoms with Crippen LogP contribution in [0.2, 0.25) is 0 Å². The summed E-state index contributed by atoms with van der Waals surface area (Å²) in [5, 5.41) is 24.5. The number of aliphatic hydroxyl groups excluding tert-OH is 2. The molecule has 0 unspecified atom stereocenters. The number of nitrogens with one attached hydrogen (secondary N) is 1. The molecule has 0 aliphatic carbocycles. The van der Waals surface area contributed by atoms with Gasteiger partial charge in [0.15, 0.2) is 88.1 Å². The highest BCUT2D eigenvalue weighted by molar-refractivity contribution is 5.84. The summed E-state index contributed by atoms with van der Waals surface area (Å²) < 4.78 is 75.2. The second-order valence-corrected chi connectivity index (χ2v) is 40.8. The highest BCUT2D eigenvalue weighted by Gasteiger charge is 2.60. The van der Waals surface area contributed by atoms with Gasteiger partial charge in [0, 0.05) is 99.7 Å². The van der Waals surface area contributed by atoms with E-state index in [2.05, 4.69) is 165 Å². The fraction of sp³-hybridized carbons (Fsp3) is 0.577. The third-order valence-electron chi connectivity index (χ3n) is 26.2. The Morgan fingerprint density at radius 2 is 0.688 bits per heavy atom. The zero-order chi connectivity index (χ0) is 101. The molecule has 11 N–H and O–H groups in total. The summed E-state index contributed by atoms with van der Waals surface area (Å²) in [7, 11) is 15.3. The Kier molecular flexibility index (Phi) is 32.0. The largest absolute Gasteiger partial charge is 0.445 e. The summed E-state index contributed by atoms with van der Waals surface area (Å²) in [5.41, 5.74) is 33.6. The monoisotopic (exact) mass is 1950 g/mol. The van der Waals surface area contributed by atoms with Crippen LogP contribution in [0.3, 0.4) is 0 Å². The number of benzene rings is 3. The summed E-state index contributed by atoms with van der Waals surface area (Å²) >= 11 is 0. The molecule has 141 heavy (non-hydrogen) atoms. The second kappa shape index (κ2) is 43.4. The Hall–Kier alpha value is -11.4. The number of carbonyl (C=O) groups excluding carboxylic acids is 3. The van der Waals surface area contributed by atoms with Crippen molar-refractivity contribution in [3.05, 3.63) is 157 Å². The molecule has 16 atom stereocenters. The van der Waals surface area contributed by atoms with E-state index < -0.39 is 60.6 Å². The van der Waals surface area contributed by atoms with Gasteiger partial charge < -0.3 is 125 Å². The summed E-state index contributed by atoms with van der Waals surface area (Å²) in [4.78, 5) is 102. The van der Waals surface area contributed by atoms with Gasteiger partial charge in [0.1, 0.15) is 127 Å². The van der Waals surface area contributed by atoms with Gasteiger partial charge in [0.2, 0.25) is 11.8 Å². The lowest BCUT2D eigenvalue weighted by atomic mass is 9.86. The number of carbonyl (C=O) groups is 3. The number of imidazole rings is 4. The number of amides is 3. The maximum atomic E-state index is 12.9. The minimum absolute atomic E-state index is 0.0396. The number of anilines is 4. The number of aliphatic hydroxyl groups is 2. The average Bonchev–Trinajstić information content (AvgIpc) is 1.59. The van der Waals surface area contributed by atoms with Gasteiger partial charge in [-0.2, -0.15) is 0 Å². The summed E-state index contributed by atoms with van der Waals surface area (Å²) in [6.45, 7) is 32.4. The first-order valence-corrected chi connectivity index (χ1v) is 47.6. The number of hydrogen-bond acceptors (Lipinski definition) is 37. The van der Waals surface area contributed by atoms with E-state index in [1.165, 1.54) is 42.8 Å². The molecule has 0 spiro atoms. The third kappa shape index (κ3) is 24.4. The SMILES string of the molecule is CN(CCN(C)C(=O)Cc1ccc(C(C)(C)C)cc1)C[C@H]1O[C@@H](n2cnc3c(N)ncnc32)[C@@H]2OC(C)(C)O[C@@H]21.CN(CCN(C)C(=O)Cc1ccc(C(C)(C)C)cc1)C[C@H]1O[C@@H](n2cnc3c(N)ncnc32)[C@H](O)[C@@H]1O.CN(CCN(C)C(=O)OCc1ccccc1)C[C@H]1O[C@@H](n2cnc3c(N)ncnc32)[C@@H]2OC(C)(C)O[C@@H]21.CNCCN(C)C[C@H]1O[C@@H](n2cnc3c(N)ncnc32)[C@@H]2OC(C)(C)O[C@@H]21. The van der Waals surface area contributed by atoms with Gasteiger partial charge in [-0.3, -0.25) is 27.9 Å². The zero-order valence-electron chi connectivity index (χ0n) is 84.2. The van der Waals surface area contributed by atoms with Crippen molar-refractivity contribution in [2.45, 2.75) is 229 Å². The van der Waals surface area contributed by atoms with Crippen LogP contribution in [0.15, 0.2) is 129 Å². The quantitative estimate of drug-likeness (QED) is 0.0283. The molecule has 44 nitrogen and oxygen atoms in total. The maximum absolute atomic E-state index is 12.9. The summed E-state index contributed by atoms with van der Waals surface area (Å²) in [6, 6.07) is 26.1. The van der Waals surface area contributed by atoms with Gasteiger partial charge in [-0.05, 0) is 115 Å². The van der Waals surface area contributed by atoms with Gasteiger partial charge in [0.25, 0.3) is 0 Å². The first kappa shape index (κ1) is 104. The summed E-state index contributed by atoms with van der Waals surface area (Å²) in [5.74, 6) is -0.811. The minimum atomic E-state index is -1.17. The van der Waals surface area contributed by atoms with Gasteiger partial charge in [-0.25, -0.2) is 64.6 Å². The molecule has 762 valence electrons. The Labute approximate surface area is 820 Å². The van der Waals surface area contributed by atoms with Gasteiger partial charge in [-0.15, -0.1) is 0 Å². The van der Waals surface area contributed by atoms with E-state index in [9.17, 15) is 24.6 Å². The molecule has 8 aromatic heterocycles. The number of ether oxygens (including phenoxy) is 11. The van der Waals surface area contributed by atoms with Gasteiger partial charge >= 0.3 is 6.09 Å². The van der Waals surface area contributed by atoms with E-state index in [4.69, 9.17) is 75.0 Å². The highest BCUT2D eigenvalue weighted by atomic mass is 16.8. The number of likely N-dealkylation sites (N-methyl/N-ethyl adjacent to an activating group) is 8. The number of hydrogen-bond donors (Lipinski definition) is 7. The number of aromatic nitrogens is 16. The summed E-state index contributed by atoms with van der Waals surface area (Å²) in [6.07, 6.45) is 4.99. The number of nitrogen functional groups attached to an aromatic ring is 4. The number of nitrogens with zero attached hydrogens (tertiary/aromatic N) is 23. The van der Waals surface area contributed by atoms with Crippen molar-refractivity contribution in [3.8, 4) is 0 Å². The molecular weight excluding hydrogens is 1810 g/mol. The predicted molar refractivity (Wildman–Crippen MR) is 524 cm³/mol. The lowest BCUT2D eigenvalue weighted by molar-refractivity contribution is -0.197. The van der Waals surface area contributed by atoms with Crippen LogP contribution in [0.5, 0.6) is 0 Å². The molecule has 3 aromatic carbocycles. The van der Waals surface area contributed by atoms with Crippen LogP contribution in [0, 0.1) is 0 Å². The number of rotatable bonds is 30. The van der Waals surface area contributed by atoms with Gasteiger partial charge in [-0.1, -0.05) is 120 Å². The van der Waals surface area contributed by atoms with Crippen LogP contribution < -0.4 is 28.3 Å². The fourth-order valence-corrected chi connectivity index (χ4v) is 18.3. The Morgan fingerprint density at radius 1 is 0.383 bits per heavy atom. The Morgan fingerprint density at radius 3 is 1.02 bits per heavy atom. The molecule has 3 amide bonds. The van der Waals surface area contributed by atoms with Crippen molar-refractivity contribution < 1.29 is 76.7 Å². The first-order valence-electron chi connectivity index (χ1n) is 47.6. The lowest BCUT2D eigenvalue weighted by Crippen LogP contribution is -2.42. The van der Waals surface area contributed by atoms with E-state index in [0.29, 0.717) is 134 Å². The van der Waals surface area contributed by atoms with Crippen molar-refractivity contribution in [1.29, 1.82) is 0 Å². The average molecular weight is 1950 g/mol. The minimum Gasteiger partial charge on any atom is -0.445 e.